The molecule has 6 heteroatoms. The third kappa shape index (κ3) is 2.33. The Morgan fingerprint density at radius 1 is 1.35 bits per heavy atom. The standard InChI is InChI=1S/C14H17N3O3/c1-8-4-10(5-8)15-12-6-9-2-3-14(18)16-11(9)7-13(12)17(19)20/h6-8,10,15H,2-5H2,1H3,(H,16,18). The Morgan fingerprint density at radius 3 is 2.75 bits per heavy atom. The van der Waals surface area contributed by atoms with E-state index in [1.165, 1.54) is 6.07 Å². The molecule has 0 atom stereocenters. The molecule has 0 aromatic heterocycles. The van der Waals surface area contributed by atoms with E-state index in [1.807, 2.05) is 6.07 Å². The Labute approximate surface area is 116 Å². The summed E-state index contributed by atoms with van der Waals surface area (Å²) in [4.78, 5) is 22.2. The molecule has 1 aliphatic heterocycles. The van der Waals surface area contributed by atoms with Gasteiger partial charge in [0.1, 0.15) is 5.69 Å². The summed E-state index contributed by atoms with van der Waals surface area (Å²) in [7, 11) is 0. The quantitative estimate of drug-likeness (QED) is 0.656. The Kier molecular flexibility index (Phi) is 3.08. The summed E-state index contributed by atoms with van der Waals surface area (Å²) < 4.78 is 0. The Balaban J connectivity index is 1.91. The number of nitrogens with zero attached hydrogens (tertiary/aromatic N) is 1. The van der Waals surface area contributed by atoms with Gasteiger partial charge in [-0.15, -0.1) is 0 Å². The fourth-order valence-corrected chi connectivity index (χ4v) is 2.92. The van der Waals surface area contributed by atoms with Gasteiger partial charge >= 0.3 is 0 Å². The predicted molar refractivity (Wildman–Crippen MR) is 75.9 cm³/mol. The number of nitro benzene ring substituents is 1. The summed E-state index contributed by atoms with van der Waals surface area (Å²) in [6.07, 6.45) is 3.16. The summed E-state index contributed by atoms with van der Waals surface area (Å²) in [5.41, 5.74) is 2.14. The number of hydrogen-bond donors (Lipinski definition) is 2. The highest BCUT2D eigenvalue weighted by atomic mass is 16.6. The van der Waals surface area contributed by atoms with E-state index < -0.39 is 4.92 Å². The maximum absolute atomic E-state index is 11.4. The van der Waals surface area contributed by atoms with E-state index in [-0.39, 0.29) is 11.6 Å². The molecule has 0 unspecified atom stereocenters. The van der Waals surface area contributed by atoms with Gasteiger partial charge in [-0.3, -0.25) is 14.9 Å². The third-order valence-electron chi connectivity index (χ3n) is 4.05. The summed E-state index contributed by atoms with van der Waals surface area (Å²) >= 11 is 0. The second-order valence-corrected chi connectivity index (χ2v) is 5.75. The van der Waals surface area contributed by atoms with E-state index in [9.17, 15) is 14.9 Å². The molecule has 6 nitrogen and oxygen atoms in total. The molecule has 20 heavy (non-hydrogen) atoms. The van der Waals surface area contributed by atoms with E-state index >= 15 is 0 Å². The minimum atomic E-state index is -0.397. The van der Waals surface area contributed by atoms with Crippen LogP contribution in [0.4, 0.5) is 17.1 Å². The van der Waals surface area contributed by atoms with Crippen molar-refractivity contribution in [2.24, 2.45) is 5.92 Å². The minimum absolute atomic E-state index is 0.0329. The van der Waals surface area contributed by atoms with Crippen LogP contribution in [-0.4, -0.2) is 16.9 Å². The number of rotatable bonds is 3. The van der Waals surface area contributed by atoms with Crippen molar-refractivity contribution in [3.63, 3.8) is 0 Å². The van der Waals surface area contributed by atoms with Crippen molar-refractivity contribution < 1.29 is 9.72 Å². The lowest BCUT2D eigenvalue weighted by Crippen LogP contribution is -2.34. The zero-order chi connectivity index (χ0) is 14.3. The first-order chi connectivity index (χ1) is 9.52. The van der Waals surface area contributed by atoms with Gasteiger partial charge in [0.15, 0.2) is 0 Å². The molecule has 2 N–H and O–H groups in total. The van der Waals surface area contributed by atoms with Gasteiger partial charge in [0, 0.05) is 18.5 Å². The zero-order valence-corrected chi connectivity index (χ0v) is 11.3. The fourth-order valence-electron chi connectivity index (χ4n) is 2.92. The lowest BCUT2D eigenvalue weighted by molar-refractivity contribution is -0.383. The van der Waals surface area contributed by atoms with Gasteiger partial charge in [-0.05, 0) is 36.8 Å². The summed E-state index contributed by atoms with van der Waals surface area (Å²) in [6, 6.07) is 3.60. The van der Waals surface area contributed by atoms with Crippen LogP contribution in [0, 0.1) is 16.0 Å². The van der Waals surface area contributed by atoms with Gasteiger partial charge in [0.05, 0.1) is 10.6 Å². The SMILES string of the molecule is CC1CC(Nc2cc3c(cc2[N+](=O)[O-])NC(=O)CC3)C1. The maximum Gasteiger partial charge on any atom is 0.294 e. The molecule has 1 aromatic rings. The number of benzene rings is 1. The lowest BCUT2D eigenvalue weighted by Gasteiger charge is -2.34. The largest absolute Gasteiger partial charge is 0.377 e. The number of fused-ring (bicyclic) bond motifs is 1. The van der Waals surface area contributed by atoms with Crippen molar-refractivity contribution in [1.82, 2.24) is 0 Å². The van der Waals surface area contributed by atoms with Crippen LogP contribution in [0.1, 0.15) is 31.7 Å². The van der Waals surface area contributed by atoms with E-state index in [1.54, 1.807) is 0 Å². The smallest absolute Gasteiger partial charge is 0.294 e. The highest BCUT2D eigenvalue weighted by Crippen LogP contribution is 2.37. The van der Waals surface area contributed by atoms with Crippen LogP contribution >= 0.6 is 0 Å². The van der Waals surface area contributed by atoms with Crippen molar-refractivity contribution in [3.05, 3.63) is 27.8 Å². The number of carbonyl (C=O) groups excluding carboxylic acids is 1. The number of nitrogens with one attached hydrogen (secondary N) is 2. The van der Waals surface area contributed by atoms with E-state index in [4.69, 9.17) is 0 Å². The normalized spacial score (nSPS) is 24.4. The van der Waals surface area contributed by atoms with Gasteiger partial charge in [0.25, 0.3) is 5.69 Å². The topological polar surface area (TPSA) is 84.3 Å². The Bertz CT molecular complexity index is 579. The molecule has 2 aliphatic rings. The molecule has 0 saturated heterocycles. The van der Waals surface area contributed by atoms with E-state index in [0.717, 1.165) is 18.4 Å². The third-order valence-corrected chi connectivity index (χ3v) is 4.05. The van der Waals surface area contributed by atoms with Crippen LogP contribution in [0.15, 0.2) is 12.1 Å². The minimum Gasteiger partial charge on any atom is -0.377 e. The first-order valence-corrected chi connectivity index (χ1v) is 6.90. The van der Waals surface area contributed by atoms with Crippen LogP contribution in [0.25, 0.3) is 0 Å². The molecule has 0 bridgehead atoms. The van der Waals surface area contributed by atoms with Crippen molar-refractivity contribution >= 4 is 23.0 Å². The molecule has 1 aromatic carbocycles. The van der Waals surface area contributed by atoms with Crippen LogP contribution in [-0.2, 0) is 11.2 Å². The monoisotopic (exact) mass is 275 g/mol. The molecular formula is C14H17N3O3. The van der Waals surface area contributed by atoms with Gasteiger partial charge in [-0.25, -0.2) is 0 Å². The molecule has 106 valence electrons. The van der Waals surface area contributed by atoms with Crippen molar-refractivity contribution in [2.45, 2.75) is 38.6 Å². The fraction of sp³-hybridized carbons (Fsp3) is 0.500. The molecule has 1 fully saturated rings. The molecule has 0 spiro atoms. The van der Waals surface area contributed by atoms with Gasteiger partial charge < -0.3 is 10.6 Å². The van der Waals surface area contributed by atoms with Crippen molar-refractivity contribution in [2.75, 3.05) is 10.6 Å². The van der Waals surface area contributed by atoms with Crippen LogP contribution in [0.3, 0.4) is 0 Å². The molecule has 1 heterocycles. The molecular weight excluding hydrogens is 258 g/mol. The maximum atomic E-state index is 11.4. The van der Waals surface area contributed by atoms with Crippen molar-refractivity contribution in [1.29, 1.82) is 0 Å². The average Bonchev–Trinajstić information content (AvgIpc) is 2.36. The van der Waals surface area contributed by atoms with Crippen LogP contribution < -0.4 is 10.6 Å². The zero-order valence-electron chi connectivity index (χ0n) is 11.3. The first-order valence-electron chi connectivity index (χ1n) is 6.90. The van der Waals surface area contributed by atoms with Crippen LogP contribution in [0.5, 0.6) is 0 Å². The van der Waals surface area contributed by atoms with Crippen LogP contribution in [0.2, 0.25) is 0 Å². The number of aryl methyl sites for hydroxylation is 1. The Hall–Kier alpha value is -2.11. The first kappa shape index (κ1) is 12.9. The number of nitro groups is 1. The summed E-state index contributed by atoms with van der Waals surface area (Å²) in [6.45, 7) is 2.18. The summed E-state index contributed by atoms with van der Waals surface area (Å²) in [5.74, 6) is 0.601. The van der Waals surface area contributed by atoms with E-state index in [2.05, 4.69) is 17.6 Å². The molecule has 3 rings (SSSR count). The number of carbonyl (C=O) groups is 1. The molecule has 1 saturated carbocycles. The number of anilines is 2. The second-order valence-electron chi connectivity index (χ2n) is 5.75. The Morgan fingerprint density at radius 2 is 2.10 bits per heavy atom. The van der Waals surface area contributed by atoms with Gasteiger partial charge in [-0.1, -0.05) is 6.92 Å². The second kappa shape index (κ2) is 4.77. The predicted octanol–water partition coefficient (Wildman–Crippen LogP) is 2.69. The lowest BCUT2D eigenvalue weighted by atomic mass is 9.81. The van der Waals surface area contributed by atoms with E-state index in [0.29, 0.717) is 36.2 Å². The summed E-state index contributed by atoms with van der Waals surface area (Å²) in [5, 5.41) is 17.2. The highest BCUT2D eigenvalue weighted by Gasteiger charge is 2.29. The molecule has 1 amide bonds. The van der Waals surface area contributed by atoms with Gasteiger partial charge in [-0.2, -0.15) is 0 Å². The van der Waals surface area contributed by atoms with Crippen molar-refractivity contribution in [3.8, 4) is 0 Å². The molecule has 0 radical (unpaired) electrons. The molecule has 1 aliphatic carbocycles. The highest BCUT2D eigenvalue weighted by molar-refractivity contribution is 5.95. The number of amides is 1. The number of hydrogen-bond acceptors (Lipinski definition) is 4. The van der Waals surface area contributed by atoms with Gasteiger partial charge in [0.2, 0.25) is 5.91 Å². The average molecular weight is 275 g/mol.